The monoisotopic (exact) mass is 263 g/mol. The minimum absolute atomic E-state index is 0.594. The zero-order chi connectivity index (χ0) is 14.3. The van der Waals surface area contributed by atoms with Gasteiger partial charge in [0.2, 0.25) is 0 Å². The number of hydrogen-bond acceptors (Lipinski definition) is 2. The summed E-state index contributed by atoms with van der Waals surface area (Å²) in [6.07, 6.45) is 0. The van der Waals surface area contributed by atoms with Gasteiger partial charge < -0.3 is 15.0 Å². The molecule has 0 saturated carbocycles. The predicted octanol–water partition coefficient (Wildman–Crippen LogP) is 2.36. The number of methoxy groups -OCH3 is 1. The van der Waals surface area contributed by atoms with Crippen LogP contribution in [-0.4, -0.2) is 38.6 Å². The topological polar surface area (TPSA) is 36.9 Å². The van der Waals surface area contributed by atoms with Gasteiger partial charge in [-0.25, -0.2) is 0 Å². The molecular weight excluding hydrogens is 238 g/mol. The van der Waals surface area contributed by atoms with Crippen LogP contribution in [0.5, 0.6) is 5.75 Å². The lowest BCUT2D eigenvalue weighted by molar-refractivity contribution is 0.395. The summed E-state index contributed by atoms with van der Waals surface area (Å²) in [6, 6.07) is 8.06. The van der Waals surface area contributed by atoms with E-state index in [-0.39, 0.29) is 0 Å². The Morgan fingerprint density at radius 3 is 2.63 bits per heavy atom. The van der Waals surface area contributed by atoms with E-state index >= 15 is 0 Å². The second kappa shape index (κ2) is 7.67. The normalized spacial score (nSPS) is 11.6. The zero-order valence-corrected chi connectivity index (χ0v) is 12.6. The van der Waals surface area contributed by atoms with Gasteiger partial charge in [-0.1, -0.05) is 32.0 Å². The molecule has 1 aromatic rings. The Bertz CT molecular complexity index is 416. The molecule has 0 unspecified atom stereocenters. The Labute approximate surface area is 116 Å². The molecule has 0 aliphatic heterocycles. The number of nitrogens with zero attached hydrogens (tertiary/aromatic N) is 2. The van der Waals surface area contributed by atoms with Crippen molar-refractivity contribution in [3.05, 3.63) is 29.8 Å². The van der Waals surface area contributed by atoms with Crippen molar-refractivity contribution < 1.29 is 4.74 Å². The fourth-order valence-corrected chi connectivity index (χ4v) is 1.84. The van der Waals surface area contributed by atoms with Crippen LogP contribution in [0.3, 0.4) is 0 Å². The average Bonchev–Trinajstić information content (AvgIpc) is 2.39. The lowest BCUT2D eigenvalue weighted by Crippen LogP contribution is -2.40. The van der Waals surface area contributed by atoms with Crippen LogP contribution in [0.15, 0.2) is 29.3 Å². The number of guanidine groups is 1. The van der Waals surface area contributed by atoms with Crippen LogP contribution < -0.4 is 10.1 Å². The molecule has 106 valence electrons. The van der Waals surface area contributed by atoms with Gasteiger partial charge in [0.05, 0.1) is 7.11 Å². The van der Waals surface area contributed by atoms with Gasteiger partial charge in [0.25, 0.3) is 0 Å². The molecule has 0 bridgehead atoms. The van der Waals surface area contributed by atoms with Gasteiger partial charge in [-0.3, -0.25) is 4.99 Å². The Balaban J connectivity index is 2.69. The van der Waals surface area contributed by atoms with Crippen molar-refractivity contribution in [1.82, 2.24) is 10.2 Å². The summed E-state index contributed by atoms with van der Waals surface area (Å²) in [5.74, 6) is 2.41. The summed E-state index contributed by atoms with van der Waals surface area (Å²) in [5.41, 5.74) is 1.15. The minimum Gasteiger partial charge on any atom is -0.496 e. The van der Waals surface area contributed by atoms with Crippen molar-refractivity contribution in [2.75, 3.05) is 27.7 Å². The number of para-hydroxylation sites is 1. The van der Waals surface area contributed by atoms with E-state index in [1.54, 1.807) is 14.2 Å². The quantitative estimate of drug-likeness (QED) is 0.654. The van der Waals surface area contributed by atoms with Crippen molar-refractivity contribution in [2.45, 2.75) is 20.4 Å². The summed E-state index contributed by atoms with van der Waals surface area (Å²) in [7, 11) is 5.54. The van der Waals surface area contributed by atoms with Crippen LogP contribution in [0, 0.1) is 5.92 Å². The number of rotatable bonds is 5. The molecule has 0 saturated heterocycles. The van der Waals surface area contributed by atoms with E-state index < -0.39 is 0 Å². The highest BCUT2D eigenvalue weighted by Crippen LogP contribution is 2.18. The van der Waals surface area contributed by atoms with Crippen molar-refractivity contribution in [2.24, 2.45) is 10.9 Å². The molecule has 0 aliphatic carbocycles. The summed E-state index contributed by atoms with van der Waals surface area (Å²) >= 11 is 0. The molecule has 0 aromatic heterocycles. The van der Waals surface area contributed by atoms with Gasteiger partial charge in [0.1, 0.15) is 5.75 Å². The first-order valence-corrected chi connectivity index (χ1v) is 6.62. The number of ether oxygens (including phenoxy) is 1. The van der Waals surface area contributed by atoms with Crippen molar-refractivity contribution in [3.63, 3.8) is 0 Å². The SMILES string of the molecule is CN=C(NCC(C)C)N(C)Cc1ccccc1OC. The summed E-state index contributed by atoms with van der Waals surface area (Å²) < 4.78 is 5.37. The van der Waals surface area contributed by atoms with Crippen LogP contribution in [0.1, 0.15) is 19.4 Å². The highest BCUT2D eigenvalue weighted by atomic mass is 16.5. The third-order valence-electron chi connectivity index (χ3n) is 2.84. The Morgan fingerprint density at radius 1 is 1.37 bits per heavy atom. The molecule has 0 heterocycles. The van der Waals surface area contributed by atoms with Gasteiger partial charge in [-0.05, 0) is 12.0 Å². The third kappa shape index (κ3) is 4.81. The second-order valence-electron chi connectivity index (χ2n) is 4.99. The van der Waals surface area contributed by atoms with Crippen LogP contribution >= 0.6 is 0 Å². The number of benzene rings is 1. The fourth-order valence-electron chi connectivity index (χ4n) is 1.84. The molecule has 0 aliphatic rings. The standard InChI is InChI=1S/C15H25N3O/c1-12(2)10-17-15(16-3)18(4)11-13-8-6-7-9-14(13)19-5/h6-9,12H,10-11H2,1-5H3,(H,16,17). The van der Waals surface area contributed by atoms with Gasteiger partial charge in [-0.15, -0.1) is 0 Å². The van der Waals surface area contributed by atoms with Gasteiger partial charge in [-0.2, -0.15) is 0 Å². The number of hydrogen-bond donors (Lipinski definition) is 1. The number of nitrogens with one attached hydrogen (secondary N) is 1. The molecule has 0 fully saturated rings. The fraction of sp³-hybridized carbons (Fsp3) is 0.533. The van der Waals surface area contributed by atoms with E-state index in [1.165, 1.54) is 0 Å². The highest BCUT2D eigenvalue weighted by molar-refractivity contribution is 5.79. The van der Waals surface area contributed by atoms with Crippen LogP contribution in [-0.2, 0) is 6.54 Å². The lowest BCUT2D eigenvalue weighted by Gasteiger charge is -2.23. The molecule has 0 radical (unpaired) electrons. The van der Waals surface area contributed by atoms with E-state index in [1.807, 2.05) is 25.2 Å². The van der Waals surface area contributed by atoms with E-state index in [0.717, 1.165) is 30.4 Å². The van der Waals surface area contributed by atoms with Gasteiger partial charge in [0, 0.05) is 32.7 Å². The summed E-state index contributed by atoms with van der Waals surface area (Å²) in [6.45, 7) is 6.05. The molecule has 1 rings (SSSR count). The number of aliphatic imine (C=N–C) groups is 1. The maximum atomic E-state index is 5.37. The molecule has 0 spiro atoms. The van der Waals surface area contributed by atoms with Gasteiger partial charge in [0.15, 0.2) is 5.96 Å². The molecule has 19 heavy (non-hydrogen) atoms. The van der Waals surface area contributed by atoms with Crippen LogP contribution in [0.2, 0.25) is 0 Å². The van der Waals surface area contributed by atoms with Crippen molar-refractivity contribution in [1.29, 1.82) is 0 Å². The van der Waals surface area contributed by atoms with E-state index in [9.17, 15) is 0 Å². The first kappa shape index (κ1) is 15.3. The largest absolute Gasteiger partial charge is 0.496 e. The van der Waals surface area contributed by atoms with Crippen molar-refractivity contribution in [3.8, 4) is 5.75 Å². The maximum Gasteiger partial charge on any atom is 0.193 e. The third-order valence-corrected chi connectivity index (χ3v) is 2.84. The van der Waals surface area contributed by atoms with E-state index in [2.05, 4.69) is 35.1 Å². The first-order valence-electron chi connectivity index (χ1n) is 6.62. The predicted molar refractivity (Wildman–Crippen MR) is 80.7 cm³/mol. The minimum atomic E-state index is 0.594. The summed E-state index contributed by atoms with van der Waals surface area (Å²) in [5, 5.41) is 3.36. The second-order valence-corrected chi connectivity index (χ2v) is 4.99. The maximum absolute atomic E-state index is 5.37. The summed E-state index contributed by atoms with van der Waals surface area (Å²) in [4.78, 5) is 6.40. The van der Waals surface area contributed by atoms with E-state index in [0.29, 0.717) is 5.92 Å². The molecule has 0 amide bonds. The molecule has 1 N–H and O–H groups in total. The molecule has 4 heteroatoms. The van der Waals surface area contributed by atoms with E-state index in [4.69, 9.17) is 4.74 Å². The van der Waals surface area contributed by atoms with Crippen molar-refractivity contribution >= 4 is 5.96 Å². The van der Waals surface area contributed by atoms with Crippen LogP contribution in [0.25, 0.3) is 0 Å². The first-order chi connectivity index (χ1) is 9.08. The lowest BCUT2D eigenvalue weighted by atomic mass is 10.2. The average molecular weight is 263 g/mol. The Hall–Kier alpha value is -1.71. The molecule has 0 atom stereocenters. The molecular formula is C15H25N3O. The van der Waals surface area contributed by atoms with Crippen LogP contribution in [0.4, 0.5) is 0 Å². The molecule has 1 aromatic carbocycles. The highest BCUT2D eigenvalue weighted by Gasteiger charge is 2.09. The molecule has 4 nitrogen and oxygen atoms in total. The Kier molecular flexibility index (Phi) is 6.19. The smallest absolute Gasteiger partial charge is 0.193 e. The van der Waals surface area contributed by atoms with Gasteiger partial charge >= 0.3 is 0 Å². The Morgan fingerprint density at radius 2 is 2.05 bits per heavy atom. The zero-order valence-electron chi connectivity index (χ0n) is 12.6.